The number of rotatable bonds is 13. The Labute approximate surface area is 170 Å². The first kappa shape index (κ1) is 23.1. The average Bonchev–Trinajstić information content (AvgIpc) is 2.66. The van der Waals surface area contributed by atoms with E-state index in [2.05, 4.69) is 38.7 Å². The van der Waals surface area contributed by atoms with Crippen molar-refractivity contribution in [3.8, 4) is 5.75 Å². The predicted octanol–water partition coefficient (Wildman–Crippen LogP) is 4.16. The van der Waals surface area contributed by atoms with Crippen molar-refractivity contribution < 1.29 is 14.3 Å². The van der Waals surface area contributed by atoms with E-state index in [4.69, 9.17) is 4.74 Å². The third kappa shape index (κ3) is 10.8. The Morgan fingerprint density at radius 1 is 1.11 bits per heavy atom. The number of ether oxygens (including phenoxy) is 1. The Morgan fingerprint density at radius 3 is 2.52 bits per heavy atom. The molecular weight excluding hydrogens is 410 g/mol. The van der Waals surface area contributed by atoms with Crippen molar-refractivity contribution in [3.63, 3.8) is 0 Å². The second-order valence-corrected chi connectivity index (χ2v) is 7.24. The number of methoxy groups -OCH3 is 1. The van der Waals surface area contributed by atoms with E-state index in [9.17, 15) is 9.59 Å². The van der Waals surface area contributed by atoms with E-state index in [1.165, 1.54) is 38.3 Å². The van der Waals surface area contributed by atoms with Crippen LogP contribution < -0.4 is 15.5 Å². The van der Waals surface area contributed by atoms with Gasteiger partial charge in [0.15, 0.2) is 0 Å². The lowest BCUT2D eigenvalue weighted by Crippen LogP contribution is -2.34. The van der Waals surface area contributed by atoms with E-state index >= 15 is 0 Å². The van der Waals surface area contributed by atoms with Crippen LogP contribution in [-0.2, 0) is 9.59 Å². The molecule has 0 aromatic heterocycles. The van der Waals surface area contributed by atoms with Crippen LogP contribution in [0.25, 0.3) is 0 Å². The Morgan fingerprint density at radius 2 is 1.81 bits per heavy atom. The number of hydrogen-bond donors (Lipinski definition) is 2. The van der Waals surface area contributed by atoms with Gasteiger partial charge in [0.2, 0.25) is 5.91 Å². The quantitative estimate of drug-likeness (QED) is 0.275. The van der Waals surface area contributed by atoms with E-state index in [-0.39, 0.29) is 18.4 Å². The van der Waals surface area contributed by atoms with Crippen molar-refractivity contribution >= 4 is 34.0 Å². The van der Waals surface area contributed by atoms with Crippen molar-refractivity contribution in [2.24, 2.45) is 5.10 Å². The summed E-state index contributed by atoms with van der Waals surface area (Å²) >= 11 is 3.38. The zero-order valence-electron chi connectivity index (χ0n) is 16.2. The fourth-order valence-corrected chi connectivity index (χ4v) is 2.91. The van der Waals surface area contributed by atoms with Crippen molar-refractivity contribution in [1.29, 1.82) is 0 Å². The molecule has 2 amide bonds. The second kappa shape index (κ2) is 14.2. The third-order valence-corrected chi connectivity index (χ3v) is 4.53. The first-order chi connectivity index (χ1) is 13.1. The molecule has 0 spiro atoms. The van der Waals surface area contributed by atoms with E-state index in [0.717, 1.165) is 22.9 Å². The summed E-state index contributed by atoms with van der Waals surface area (Å²) in [6, 6.07) is 5.49. The van der Waals surface area contributed by atoms with E-state index < -0.39 is 0 Å². The number of hydrogen-bond acceptors (Lipinski definition) is 4. The zero-order chi connectivity index (χ0) is 19.9. The molecule has 0 saturated carbocycles. The molecule has 150 valence electrons. The zero-order valence-corrected chi connectivity index (χ0v) is 17.8. The highest BCUT2D eigenvalue weighted by molar-refractivity contribution is 9.10. The number of benzene rings is 1. The van der Waals surface area contributed by atoms with Crippen LogP contribution in [0.15, 0.2) is 27.8 Å². The highest BCUT2D eigenvalue weighted by atomic mass is 79.9. The predicted molar refractivity (Wildman–Crippen MR) is 112 cm³/mol. The highest BCUT2D eigenvalue weighted by Crippen LogP contribution is 2.21. The van der Waals surface area contributed by atoms with Gasteiger partial charge in [-0.05, 0) is 24.6 Å². The van der Waals surface area contributed by atoms with Crippen LogP contribution in [0.2, 0.25) is 0 Å². The Hall–Kier alpha value is -1.89. The topological polar surface area (TPSA) is 79.8 Å². The lowest BCUT2D eigenvalue weighted by atomic mass is 10.1. The summed E-state index contributed by atoms with van der Waals surface area (Å²) in [5.41, 5.74) is 3.13. The third-order valence-electron chi connectivity index (χ3n) is 4.04. The smallest absolute Gasteiger partial charge is 0.259 e. The van der Waals surface area contributed by atoms with Crippen LogP contribution in [0.5, 0.6) is 5.75 Å². The number of carbonyl (C=O) groups excluding carboxylic acids is 2. The minimum absolute atomic E-state index is 0.0811. The van der Waals surface area contributed by atoms with Crippen molar-refractivity contribution in [2.45, 2.75) is 58.3 Å². The lowest BCUT2D eigenvalue weighted by Gasteiger charge is -2.06. The summed E-state index contributed by atoms with van der Waals surface area (Å²) in [5.74, 6) is 0.184. The molecule has 0 unspecified atom stereocenters. The summed E-state index contributed by atoms with van der Waals surface area (Å²) in [6.07, 6.45) is 10.1. The number of unbranched alkanes of at least 4 members (excludes halogenated alkanes) is 6. The van der Waals surface area contributed by atoms with Gasteiger partial charge in [0, 0.05) is 16.5 Å². The van der Waals surface area contributed by atoms with Crippen LogP contribution in [0, 0.1) is 0 Å². The van der Waals surface area contributed by atoms with Gasteiger partial charge in [-0.1, -0.05) is 61.4 Å². The van der Waals surface area contributed by atoms with Crippen LogP contribution >= 0.6 is 15.9 Å². The van der Waals surface area contributed by atoms with Crippen molar-refractivity contribution in [2.75, 3.05) is 13.7 Å². The van der Waals surface area contributed by atoms with Gasteiger partial charge in [-0.25, -0.2) is 5.43 Å². The van der Waals surface area contributed by atoms with E-state index in [1.54, 1.807) is 13.2 Å². The number of halogens is 1. The molecule has 2 N–H and O–H groups in total. The van der Waals surface area contributed by atoms with Gasteiger partial charge in [0.05, 0.1) is 19.9 Å². The molecule has 1 aromatic rings. The minimum Gasteiger partial charge on any atom is -0.496 e. The number of nitrogens with one attached hydrogen (secondary N) is 2. The molecule has 0 fully saturated rings. The average molecular weight is 440 g/mol. The van der Waals surface area contributed by atoms with Gasteiger partial charge in [-0.2, -0.15) is 5.10 Å². The SMILES string of the molecule is CCCCCCCCCC(=O)NCC(=O)N/N=C/c1cc(Br)ccc1OC. The minimum atomic E-state index is -0.367. The maximum Gasteiger partial charge on any atom is 0.259 e. The first-order valence-electron chi connectivity index (χ1n) is 9.49. The van der Waals surface area contributed by atoms with Gasteiger partial charge >= 0.3 is 0 Å². The van der Waals surface area contributed by atoms with Gasteiger partial charge in [-0.15, -0.1) is 0 Å². The molecule has 0 aliphatic rings. The van der Waals surface area contributed by atoms with Crippen molar-refractivity contribution in [3.05, 3.63) is 28.2 Å². The lowest BCUT2D eigenvalue weighted by molar-refractivity contribution is -0.126. The molecule has 0 aliphatic carbocycles. The van der Waals surface area contributed by atoms with E-state index in [1.807, 2.05) is 12.1 Å². The second-order valence-electron chi connectivity index (χ2n) is 6.33. The molecule has 27 heavy (non-hydrogen) atoms. The molecule has 0 radical (unpaired) electrons. The molecule has 0 aliphatic heterocycles. The maximum absolute atomic E-state index is 11.8. The molecule has 0 heterocycles. The monoisotopic (exact) mass is 439 g/mol. The largest absolute Gasteiger partial charge is 0.496 e. The van der Waals surface area contributed by atoms with Gasteiger partial charge in [-0.3, -0.25) is 9.59 Å². The highest BCUT2D eigenvalue weighted by Gasteiger charge is 2.05. The fraction of sp³-hybridized carbons (Fsp3) is 0.550. The molecule has 0 atom stereocenters. The van der Waals surface area contributed by atoms with Crippen LogP contribution in [-0.4, -0.2) is 31.7 Å². The molecule has 1 rings (SSSR count). The number of carbonyl (C=O) groups is 2. The fourth-order valence-electron chi connectivity index (χ4n) is 2.53. The van der Waals surface area contributed by atoms with Crippen LogP contribution in [0.1, 0.15) is 63.9 Å². The van der Waals surface area contributed by atoms with E-state index in [0.29, 0.717) is 12.2 Å². The Kier molecular flexibility index (Phi) is 12.2. The normalized spacial score (nSPS) is 10.8. The van der Waals surface area contributed by atoms with Gasteiger partial charge < -0.3 is 10.1 Å². The van der Waals surface area contributed by atoms with Crippen LogP contribution in [0.4, 0.5) is 0 Å². The van der Waals surface area contributed by atoms with Crippen molar-refractivity contribution in [1.82, 2.24) is 10.7 Å². The summed E-state index contributed by atoms with van der Waals surface area (Å²) in [5, 5.41) is 6.52. The molecule has 1 aromatic carbocycles. The van der Waals surface area contributed by atoms with Crippen LogP contribution in [0.3, 0.4) is 0 Å². The Balaban J connectivity index is 2.20. The van der Waals surface area contributed by atoms with Gasteiger partial charge in [0.1, 0.15) is 5.75 Å². The summed E-state index contributed by atoms with van der Waals surface area (Å²) in [6.45, 7) is 2.12. The molecule has 6 nitrogen and oxygen atoms in total. The number of hydrazone groups is 1. The Bertz CT molecular complexity index is 620. The van der Waals surface area contributed by atoms with Gasteiger partial charge in [0.25, 0.3) is 5.91 Å². The summed E-state index contributed by atoms with van der Waals surface area (Å²) < 4.78 is 6.11. The summed E-state index contributed by atoms with van der Waals surface area (Å²) in [4.78, 5) is 23.5. The maximum atomic E-state index is 11.8. The molecular formula is C20H30BrN3O3. The number of amides is 2. The molecule has 7 heteroatoms. The molecule has 0 bridgehead atoms. The number of nitrogens with zero attached hydrogens (tertiary/aromatic N) is 1. The molecule has 0 saturated heterocycles. The first-order valence-corrected chi connectivity index (χ1v) is 10.3. The standard InChI is InChI=1S/C20H30BrN3O3/c1-3-4-5-6-7-8-9-10-19(25)22-15-20(26)24-23-14-16-13-17(21)11-12-18(16)27-2/h11-14H,3-10,15H2,1-2H3,(H,22,25)(H,24,26)/b23-14+. The summed E-state index contributed by atoms with van der Waals surface area (Å²) in [7, 11) is 1.57.